The molecule has 1 heterocycles. The van der Waals surface area contributed by atoms with Crippen molar-refractivity contribution in [2.24, 2.45) is 0 Å². The van der Waals surface area contributed by atoms with Gasteiger partial charge in [0.1, 0.15) is 5.82 Å². The standard InChI is InChI=1S/C13H10.C9H7N3O2/c1-3-7-12-10(5-1)9-11-6-2-4-8-13(11)12;13-12(14)8-3-1-7(2-4-8)9-10-5-6-11-9/h1-8H,9H2;1-6H,(H,10,11). The molecule has 4 aromatic rings. The van der Waals surface area contributed by atoms with Gasteiger partial charge in [0.05, 0.1) is 4.92 Å². The summed E-state index contributed by atoms with van der Waals surface area (Å²) in [4.78, 5) is 16.9. The van der Waals surface area contributed by atoms with Crippen molar-refractivity contribution in [1.29, 1.82) is 0 Å². The van der Waals surface area contributed by atoms with Crippen LogP contribution in [-0.4, -0.2) is 14.9 Å². The number of benzene rings is 3. The minimum absolute atomic E-state index is 0.0836. The van der Waals surface area contributed by atoms with Crippen LogP contribution in [-0.2, 0) is 6.42 Å². The van der Waals surface area contributed by atoms with Gasteiger partial charge in [-0.3, -0.25) is 10.1 Å². The van der Waals surface area contributed by atoms with E-state index in [9.17, 15) is 10.1 Å². The maximum absolute atomic E-state index is 10.4. The maximum Gasteiger partial charge on any atom is 0.269 e. The molecule has 0 saturated carbocycles. The Labute approximate surface area is 156 Å². The lowest BCUT2D eigenvalue weighted by atomic mass is 10.1. The van der Waals surface area contributed by atoms with Gasteiger partial charge < -0.3 is 4.98 Å². The summed E-state index contributed by atoms with van der Waals surface area (Å²) in [5.74, 6) is 0.708. The largest absolute Gasteiger partial charge is 0.345 e. The molecule has 1 aliphatic carbocycles. The number of nitrogens with zero attached hydrogens (tertiary/aromatic N) is 2. The molecular formula is C22H17N3O2. The second-order valence-electron chi connectivity index (χ2n) is 6.23. The van der Waals surface area contributed by atoms with Crippen LogP contribution in [0.4, 0.5) is 5.69 Å². The molecule has 0 unspecified atom stereocenters. The van der Waals surface area contributed by atoms with Gasteiger partial charge in [0, 0.05) is 30.1 Å². The fraction of sp³-hybridized carbons (Fsp3) is 0.0455. The summed E-state index contributed by atoms with van der Waals surface area (Å²) in [5.41, 5.74) is 6.67. The molecule has 0 aliphatic heterocycles. The molecule has 5 rings (SSSR count). The van der Waals surface area contributed by atoms with Crippen molar-refractivity contribution in [3.05, 3.63) is 106 Å². The lowest BCUT2D eigenvalue weighted by molar-refractivity contribution is -0.384. The van der Waals surface area contributed by atoms with Crippen molar-refractivity contribution in [3.8, 4) is 22.5 Å². The minimum Gasteiger partial charge on any atom is -0.345 e. The van der Waals surface area contributed by atoms with Gasteiger partial charge in [-0.1, -0.05) is 48.5 Å². The van der Waals surface area contributed by atoms with Crippen LogP contribution in [0, 0.1) is 10.1 Å². The minimum atomic E-state index is -0.425. The van der Waals surface area contributed by atoms with Gasteiger partial charge in [0.15, 0.2) is 0 Å². The summed E-state index contributed by atoms with van der Waals surface area (Å²) in [7, 11) is 0. The molecule has 0 radical (unpaired) electrons. The van der Waals surface area contributed by atoms with Crippen LogP contribution in [0.1, 0.15) is 11.1 Å². The van der Waals surface area contributed by atoms with Crippen molar-refractivity contribution in [2.45, 2.75) is 6.42 Å². The Morgan fingerprint density at radius 1 is 0.852 bits per heavy atom. The van der Waals surface area contributed by atoms with Crippen LogP contribution in [0.2, 0.25) is 0 Å². The zero-order valence-electron chi connectivity index (χ0n) is 14.5. The highest BCUT2D eigenvalue weighted by Gasteiger charge is 2.15. The van der Waals surface area contributed by atoms with E-state index in [1.54, 1.807) is 24.5 Å². The number of non-ortho nitro benzene ring substituents is 1. The van der Waals surface area contributed by atoms with E-state index in [1.807, 2.05) is 0 Å². The number of nitrogens with one attached hydrogen (secondary N) is 1. The summed E-state index contributed by atoms with van der Waals surface area (Å²) >= 11 is 0. The number of H-pyrrole nitrogens is 1. The van der Waals surface area contributed by atoms with E-state index < -0.39 is 4.92 Å². The zero-order chi connectivity index (χ0) is 18.6. The Morgan fingerprint density at radius 2 is 1.44 bits per heavy atom. The Kier molecular flexibility index (Phi) is 4.49. The van der Waals surface area contributed by atoms with Crippen molar-refractivity contribution < 1.29 is 4.92 Å². The molecule has 0 amide bonds. The smallest absolute Gasteiger partial charge is 0.269 e. The van der Waals surface area contributed by atoms with Crippen molar-refractivity contribution in [1.82, 2.24) is 9.97 Å². The average molecular weight is 355 g/mol. The molecule has 1 aliphatic rings. The third-order valence-corrected chi connectivity index (χ3v) is 4.56. The zero-order valence-corrected chi connectivity index (χ0v) is 14.5. The topological polar surface area (TPSA) is 71.8 Å². The molecule has 0 fully saturated rings. The fourth-order valence-corrected chi connectivity index (χ4v) is 3.24. The third-order valence-electron chi connectivity index (χ3n) is 4.56. The third kappa shape index (κ3) is 3.48. The molecule has 5 heteroatoms. The number of nitro benzene ring substituents is 1. The fourth-order valence-electron chi connectivity index (χ4n) is 3.24. The summed E-state index contributed by atoms with van der Waals surface area (Å²) < 4.78 is 0. The number of rotatable bonds is 2. The lowest BCUT2D eigenvalue weighted by Gasteiger charge is -1.98. The molecular weight excluding hydrogens is 338 g/mol. The first kappa shape index (κ1) is 16.7. The van der Waals surface area contributed by atoms with Gasteiger partial charge in [-0.05, 0) is 40.8 Å². The number of aromatic amines is 1. The Balaban J connectivity index is 0.000000134. The Bertz CT molecular complexity index is 1030. The summed E-state index contributed by atoms with van der Waals surface area (Å²) in [6.45, 7) is 0. The maximum atomic E-state index is 10.4. The molecule has 0 atom stereocenters. The predicted octanol–water partition coefficient (Wildman–Crippen LogP) is 5.24. The van der Waals surface area contributed by atoms with E-state index in [2.05, 4.69) is 58.5 Å². The van der Waals surface area contributed by atoms with Crippen LogP contribution in [0.15, 0.2) is 85.2 Å². The Hall–Kier alpha value is -3.73. The summed E-state index contributed by atoms with van der Waals surface area (Å²) in [6, 6.07) is 23.5. The van der Waals surface area contributed by atoms with Gasteiger partial charge in [0.25, 0.3) is 5.69 Å². The summed E-state index contributed by atoms with van der Waals surface area (Å²) in [5, 5.41) is 10.4. The van der Waals surface area contributed by atoms with Crippen molar-refractivity contribution >= 4 is 5.69 Å². The number of nitro groups is 1. The molecule has 27 heavy (non-hydrogen) atoms. The molecule has 1 aromatic heterocycles. The number of hydrogen-bond donors (Lipinski definition) is 1. The number of aromatic nitrogens is 2. The SMILES string of the molecule is O=[N+]([O-])c1ccc(-c2ncc[nH]2)cc1.c1ccc2c(c1)Cc1ccccc1-2. The second kappa shape index (κ2) is 7.25. The van der Waals surface area contributed by atoms with Crippen molar-refractivity contribution in [3.63, 3.8) is 0 Å². The number of fused-ring (bicyclic) bond motifs is 3. The van der Waals surface area contributed by atoms with E-state index >= 15 is 0 Å². The normalized spacial score (nSPS) is 11.1. The average Bonchev–Trinajstić information content (AvgIpc) is 3.36. The highest BCUT2D eigenvalue weighted by Crippen LogP contribution is 2.35. The van der Waals surface area contributed by atoms with Gasteiger partial charge >= 0.3 is 0 Å². The van der Waals surface area contributed by atoms with Gasteiger partial charge in [-0.15, -0.1) is 0 Å². The highest BCUT2D eigenvalue weighted by molar-refractivity contribution is 5.76. The lowest BCUT2D eigenvalue weighted by Crippen LogP contribution is -1.87. The predicted molar refractivity (Wildman–Crippen MR) is 105 cm³/mol. The monoisotopic (exact) mass is 355 g/mol. The first-order valence-electron chi connectivity index (χ1n) is 8.63. The van der Waals surface area contributed by atoms with Crippen molar-refractivity contribution in [2.75, 3.05) is 0 Å². The van der Waals surface area contributed by atoms with E-state index in [1.165, 1.54) is 34.4 Å². The molecule has 0 spiro atoms. The molecule has 5 nitrogen and oxygen atoms in total. The van der Waals surface area contributed by atoms with E-state index in [0.29, 0.717) is 5.82 Å². The van der Waals surface area contributed by atoms with Crippen LogP contribution < -0.4 is 0 Å². The molecule has 0 saturated heterocycles. The van der Waals surface area contributed by atoms with Crippen LogP contribution in [0.3, 0.4) is 0 Å². The first-order chi connectivity index (χ1) is 13.2. The van der Waals surface area contributed by atoms with Crippen LogP contribution in [0.25, 0.3) is 22.5 Å². The van der Waals surface area contributed by atoms with Gasteiger partial charge in [-0.25, -0.2) is 4.98 Å². The molecule has 1 N–H and O–H groups in total. The first-order valence-corrected chi connectivity index (χ1v) is 8.63. The number of imidazole rings is 1. The van der Waals surface area contributed by atoms with Crippen LogP contribution >= 0.6 is 0 Å². The Morgan fingerprint density at radius 3 is 1.96 bits per heavy atom. The quantitative estimate of drug-likeness (QED) is 0.347. The summed E-state index contributed by atoms with van der Waals surface area (Å²) in [6.07, 6.45) is 4.44. The van der Waals surface area contributed by atoms with E-state index in [0.717, 1.165) is 12.0 Å². The van der Waals surface area contributed by atoms with E-state index in [4.69, 9.17) is 0 Å². The van der Waals surface area contributed by atoms with E-state index in [-0.39, 0.29) is 5.69 Å². The van der Waals surface area contributed by atoms with Crippen LogP contribution in [0.5, 0.6) is 0 Å². The van der Waals surface area contributed by atoms with Gasteiger partial charge in [0.2, 0.25) is 0 Å². The molecule has 0 bridgehead atoms. The molecule has 132 valence electrons. The second-order valence-corrected chi connectivity index (χ2v) is 6.23. The highest BCUT2D eigenvalue weighted by atomic mass is 16.6. The van der Waals surface area contributed by atoms with Gasteiger partial charge in [-0.2, -0.15) is 0 Å². The number of hydrogen-bond acceptors (Lipinski definition) is 3. The molecule has 3 aromatic carbocycles.